The second-order valence-electron chi connectivity index (χ2n) is 3.96. The largest absolute Gasteiger partial charge is 0.497 e. The molecule has 0 radical (unpaired) electrons. The van der Waals surface area contributed by atoms with Gasteiger partial charge in [-0.05, 0) is 0 Å². The summed E-state index contributed by atoms with van der Waals surface area (Å²) in [6, 6.07) is 5.42. The zero-order valence-electron chi connectivity index (χ0n) is 9.97. The van der Waals surface area contributed by atoms with Gasteiger partial charge in [-0.1, -0.05) is 0 Å². The van der Waals surface area contributed by atoms with E-state index < -0.39 is 6.10 Å². The first kappa shape index (κ1) is 12.0. The Kier molecular flexibility index (Phi) is 3.71. The van der Waals surface area contributed by atoms with E-state index in [9.17, 15) is 5.11 Å². The van der Waals surface area contributed by atoms with Crippen molar-refractivity contribution in [2.24, 2.45) is 0 Å². The number of hydrogen-bond acceptors (Lipinski definition) is 5. The maximum absolute atomic E-state index is 9.65. The Balaban J connectivity index is 2.14. The molecule has 1 fully saturated rings. The van der Waals surface area contributed by atoms with Crippen LogP contribution in [0.15, 0.2) is 18.2 Å². The van der Waals surface area contributed by atoms with Gasteiger partial charge in [-0.25, -0.2) is 0 Å². The Morgan fingerprint density at radius 2 is 1.82 bits per heavy atom. The number of aliphatic hydroxyl groups is 1. The maximum atomic E-state index is 9.65. The molecule has 1 saturated heterocycles. The van der Waals surface area contributed by atoms with Crippen LogP contribution in [0.4, 0.5) is 5.69 Å². The van der Waals surface area contributed by atoms with E-state index >= 15 is 0 Å². The Morgan fingerprint density at radius 1 is 1.18 bits per heavy atom. The van der Waals surface area contributed by atoms with Gasteiger partial charge in [0.25, 0.3) is 0 Å². The topological polar surface area (TPSA) is 60.0 Å². The highest BCUT2D eigenvalue weighted by molar-refractivity contribution is 5.54. The van der Waals surface area contributed by atoms with E-state index in [2.05, 4.69) is 5.32 Å². The average molecular weight is 239 g/mol. The molecule has 0 amide bonds. The van der Waals surface area contributed by atoms with Gasteiger partial charge in [-0.3, -0.25) is 0 Å². The molecule has 5 heteroatoms. The lowest BCUT2D eigenvalue weighted by Gasteiger charge is -2.17. The molecule has 5 nitrogen and oxygen atoms in total. The zero-order valence-corrected chi connectivity index (χ0v) is 9.97. The zero-order chi connectivity index (χ0) is 12.3. The number of aliphatic hydroxyl groups excluding tert-OH is 1. The summed E-state index contributed by atoms with van der Waals surface area (Å²) in [6.45, 7) is 0.874. The lowest BCUT2D eigenvalue weighted by Crippen LogP contribution is -2.31. The van der Waals surface area contributed by atoms with Gasteiger partial charge in [0.2, 0.25) is 0 Å². The van der Waals surface area contributed by atoms with E-state index in [0.29, 0.717) is 24.7 Å². The lowest BCUT2D eigenvalue weighted by molar-refractivity contribution is 0.125. The molecule has 2 N–H and O–H groups in total. The molecule has 0 bridgehead atoms. The van der Waals surface area contributed by atoms with Crippen LogP contribution in [0.3, 0.4) is 0 Å². The number of nitrogens with one attached hydrogen (secondary N) is 1. The van der Waals surface area contributed by atoms with E-state index in [1.807, 2.05) is 12.1 Å². The molecule has 1 aliphatic rings. The minimum Gasteiger partial charge on any atom is -0.497 e. The third-order valence-electron chi connectivity index (χ3n) is 2.75. The molecule has 94 valence electrons. The van der Waals surface area contributed by atoms with Crippen LogP contribution in [0.2, 0.25) is 0 Å². The molecule has 2 unspecified atom stereocenters. The van der Waals surface area contributed by atoms with Gasteiger partial charge in [0.15, 0.2) is 0 Å². The van der Waals surface area contributed by atoms with E-state index in [4.69, 9.17) is 14.2 Å². The van der Waals surface area contributed by atoms with Crippen LogP contribution < -0.4 is 14.8 Å². The first-order valence-electron chi connectivity index (χ1n) is 5.48. The van der Waals surface area contributed by atoms with Crippen molar-refractivity contribution < 1.29 is 19.3 Å². The normalized spacial score (nSPS) is 23.5. The molecule has 2 rings (SSSR count). The van der Waals surface area contributed by atoms with E-state index in [1.54, 1.807) is 20.3 Å². The minimum absolute atomic E-state index is 0.0909. The molecule has 17 heavy (non-hydrogen) atoms. The quantitative estimate of drug-likeness (QED) is 0.816. The standard InChI is InChI=1S/C12H17NO4/c1-15-9-3-8(4-10(5-9)16-2)13-11-6-17-7-12(11)14/h3-5,11-14H,6-7H2,1-2H3. The van der Waals surface area contributed by atoms with Gasteiger partial charge in [0, 0.05) is 23.9 Å². The number of ether oxygens (including phenoxy) is 3. The SMILES string of the molecule is COc1cc(NC2COCC2O)cc(OC)c1. The highest BCUT2D eigenvalue weighted by Crippen LogP contribution is 2.27. The van der Waals surface area contributed by atoms with Crippen LogP contribution >= 0.6 is 0 Å². The molecule has 0 spiro atoms. The van der Waals surface area contributed by atoms with Crippen molar-refractivity contribution in [3.05, 3.63) is 18.2 Å². The van der Waals surface area contributed by atoms with E-state index in [-0.39, 0.29) is 6.04 Å². The van der Waals surface area contributed by atoms with Crippen LogP contribution in [0.1, 0.15) is 0 Å². The highest BCUT2D eigenvalue weighted by atomic mass is 16.5. The average Bonchev–Trinajstić information content (AvgIpc) is 2.74. The summed E-state index contributed by atoms with van der Waals surface area (Å²) in [4.78, 5) is 0. The smallest absolute Gasteiger partial charge is 0.124 e. The van der Waals surface area contributed by atoms with Gasteiger partial charge in [0.05, 0.1) is 39.6 Å². The predicted molar refractivity (Wildman–Crippen MR) is 63.8 cm³/mol. The molecule has 1 aromatic rings. The summed E-state index contributed by atoms with van der Waals surface area (Å²) in [6.07, 6.45) is -0.479. The summed E-state index contributed by atoms with van der Waals surface area (Å²) in [7, 11) is 3.21. The molecule has 0 aliphatic carbocycles. The summed E-state index contributed by atoms with van der Waals surface area (Å²) < 4.78 is 15.5. The van der Waals surface area contributed by atoms with Crippen molar-refractivity contribution in [1.29, 1.82) is 0 Å². The predicted octanol–water partition coefficient (Wildman–Crippen LogP) is 0.875. The molecule has 1 aliphatic heterocycles. The fourth-order valence-corrected chi connectivity index (χ4v) is 1.79. The van der Waals surface area contributed by atoms with Gasteiger partial charge >= 0.3 is 0 Å². The summed E-state index contributed by atoms with van der Waals surface area (Å²) >= 11 is 0. The second kappa shape index (κ2) is 5.25. The van der Waals surface area contributed by atoms with E-state index in [0.717, 1.165) is 5.69 Å². The van der Waals surface area contributed by atoms with Gasteiger partial charge in [0.1, 0.15) is 11.5 Å². The third kappa shape index (κ3) is 2.81. The van der Waals surface area contributed by atoms with Crippen LogP contribution in [0.5, 0.6) is 11.5 Å². The van der Waals surface area contributed by atoms with Crippen LogP contribution in [0, 0.1) is 0 Å². The molecule has 2 atom stereocenters. The number of anilines is 1. The van der Waals surface area contributed by atoms with Crippen molar-refractivity contribution in [1.82, 2.24) is 0 Å². The highest BCUT2D eigenvalue weighted by Gasteiger charge is 2.26. The summed E-state index contributed by atoms with van der Waals surface area (Å²) in [5, 5.41) is 12.9. The Morgan fingerprint density at radius 3 is 2.29 bits per heavy atom. The number of methoxy groups -OCH3 is 2. The monoisotopic (exact) mass is 239 g/mol. The maximum Gasteiger partial charge on any atom is 0.124 e. The molecule has 0 aromatic heterocycles. The van der Waals surface area contributed by atoms with Crippen molar-refractivity contribution >= 4 is 5.69 Å². The molecule has 0 saturated carbocycles. The van der Waals surface area contributed by atoms with Crippen LogP contribution in [0.25, 0.3) is 0 Å². The van der Waals surface area contributed by atoms with Crippen molar-refractivity contribution in [3.8, 4) is 11.5 Å². The lowest BCUT2D eigenvalue weighted by atomic mass is 10.2. The van der Waals surface area contributed by atoms with E-state index in [1.165, 1.54) is 0 Å². The molecule has 1 aromatic carbocycles. The number of rotatable bonds is 4. The number of benzene rings is 1. The fraction of sp³-hybridized carbons (Fsp3) is 0.500. The second-order valence-corrected chi connectivity index (χ2v) is 3.96. The molecular weight excluding hydrogens is 222 g/mol. The van der Waals surface area contributed by atoms with Crippen LogP contribution in [-0.4, -0.2) is 44.7 Å². The Bertz CT molecular complexity index is 361. The van der Waals surface area contributed by atoms with Crippen molar-refractivity contribution in [3.63, 3.8) is 0 Å². The van der Waals surface area contributed by atoms with Gasteiger partial charge < -0.3 is 24.6 Å². The third-order valence-corrected chi connectivity index (χ3v) is 2.75. The minimum atomic E-state index is -0.479. The van der Waals surface area contributed by atoms with Crippen molar-refractivity contribution in [2.75, 3.05) is 32.8 Å². The number of hydrogen-bond donors (Lipinski definition) is 2. The first-order chi connectivity index (χ1) is 8.22. The Labute approximate surface area is 100 Å². The van der Waals surface area contributed by atoms with Gasteiger partial charge in [-0.15, -0.1) is 0 Å². The summed E-state index contributed by atoms with van der Waals surface area (Å²) in [5.41, 5.74) is 0.843. The fourth-order valence-electron chi connectivity index (χ4n) is 1.79. The Hall–Kier alpha value is -1.46. The summed E-state index contributed by atoms with van der Waals surface area (Å²) in [5.74, 6) is 1.42. The van der Waals surface area contributed by atoms with Crippen LogP contribution in [-0.2, 0) is 4.74 Å². The van der Waals surface area contributed by atoms with Crippen molar-refractivity contribution in [2.45, 2.75) is 12.1 Å². The first-order valence-corrected chi connectivity index (χ1v) is 5.48. The van der Waals surface area contributed by atoms with Gasteiger partial charge in [-0.2, -0.15) is 0 Å². The molecular formula is C12H17NO4. The molecule has 1 heterocycles.